The van der Waals surface area contributed by atoms with Gasteiger partial charge in [0, 0.05) is 6.54 Å². The number of fused-ring (bicyclic) bond motifs is 1. The van der Waals surface area contributed by atoms with Crippen molar-refractivity contribution in [2.75, 3.05) is 32.2 Å². The molecular weight excluding hydrogens is 370 g/mol. The van der Waals surface area contributed by atoms with Crippen LogP contribution in [0.25, 0.3) is 17.1 Å². The molecule has 2 aromatic carbocycles. The number of nitrogens with zero attached hydrogens (tertiary/aromatic N) is 2. The summed E-state index contributed by atoms with van der Waals surface area (Å²) in [4.78, 5) is 4.54. The standard InChI is InChI=1S/C22H27N3O4/c1-3-6-16-9-10-20(21(13-16)28-2)29-15-17(27)14-25-19-8-5-4-7-18(19)24-22(25)23-11-12-26/h3-10,13,17,26-27H,11-12,14-15H2,1-2H3,(H,23,24)/b6-3+. The van der Waals surface area contributed by atoms with Gasteiger partial charge in [-0.25, -0.2) is 4.98 Å². The molecule has 3 aromatic rings. The molecule has 0 aliphatic rings. The number of methoxy groups -OCH3 is 1. The van der Waals surface area contributed by atoms with Crippen molar-refractivity contribution in [2.24, 2.45) is 0 Å². The highest BCUT2D eigenvalue weighted by Gasteiger charge is 2.15. The second kappa shape index (κ2) is 9.95. The number of aliphatic hydroxyl groups is 2. The number of allylic oxidation sites excluding steroid dienone is 1. The van der Waals surface area contributed by atoms with Crippen molar-refractivity contribution in [3.63, 3.8) is 0 Å². The molecule has 1 unspecified atom stereocenters. The summed E-state index contributed by atoms with van der Waals surface area (Å²) < 4.78 is 13.1. The van der Waals surface area contributed by atoms with Gasteiger partial charge in [-0.3, -0.25) is 0 Å². The molecule has 0 amide bonds. The zero-order valence-electron chi connectivity index (χ0n) is 16.7. The quantitative estimate of drug-likeness (QED) is 0.488. The summed E-state index contributed by atoms with van der Waals surface area (Å²) in [5, 5.41) is 22.8. The SMILES string of the molecule is C/C=C/c1ccc(OCC(O)Cn2c(NCCO)nc3ccccc32)c(OC)c1. The van der Waals surface area contributed by atoms with E-state index in [1.54, 1.807) is 7.11 Å². The number of aliphatic hydroxyl groups excluding tert-OH is 2. The van der Waals surface area contributed by atoms with Crippen LogP contribution in [0.3, 0.4) is 0 Å². The van der Waals surface area contributed by atoms with Crippen molar-refractivity contribution in [2.45, 2.75) is 19.6 Å². The first-order valence-corrected chi connectivity index (χ1v) is 9.58. The van der Waals surface area contributed by atoms with Gasteiger partial charge in [0.1, 0.15) is 12.7 Å². The zero-order valence-corrected chi connectivity index (χ0v) is 16.7. The first-order chi connectivity index (χ1) is 14.2. The third-order valence-electron chi connectivity index (χ3n) is 4.42. The summed E-state index contributed by atoms with van der Waals surface area (Å²) in [5.74, 6) is 1.80. The molecule has 3 rings (SSSR count). The molecule has 1 atom stereocenters. The van der Waals surface area contributed by atoms with Crippen molar-refractivity contribution < 1.29 is 19.7 Å². The number of benzene rings is 2. The number of aromatic nitrogens is 2. The van der Waals surface area contributed by atoms with Crippen molar-refractivity contribution in [1.29, 1.82) is 0 Å². The lowest BCUT2D eigenvalue weighted by atomic mass is 10.2. The Kier molecular flexibility index (Phi) is 7.10. The van der Waals surface area contributed by atoms with Crippen LogP contribution in [0.5, 0.6) is 11.5 Å². The number of imidazole rings is 1. The maximum absolute atomic E-state index is 10.6. The van der Waals surface area contributed by atoms with Gasteiger partial charge in [-0.2, -0.15) is 0 Å². The third kappa shape index (κ3) is 5.07. The first kappa shape index (κ1) is 20.7. The first-order valence-electron chi connectivity index (χ1n) is 9.58. The van der Waals surface area contributed by atoms with Crippen LogP contribution in [0.1, 0.15) is 12.5 Å². The molecule has 7 nitrogen and oxygen atoms in total. The van der Waals surface area contributed by atoms with Crippen LogP contribution >= 0.6 is 0 Å². The molecule has 0 fully saturated rings. The maximum Gasteiger partial charge on any atom is 0.204 e. The predicted molar refractivity (Wildman–Crippen MR) is 115 cm³/mol. The lowest BCUT2D eigenvalue weighted by molar-refractivity contribution is 0.0923. The van der Waals surface area contributed by atoms with Crippen LogP contribution in [0.4, 0.5) is 5.95 Å². The average Bonchev–Trinajstić information content (AvgIpc) is 3.08. The fourth-order valence-electron chi connectivity index (χ4n) is 3.11. The van der Waals surface area contributed by atoms with Gasteiger partial charge >= 0.3 is 0 Å². The van der Waals surface area contributed by atoms with Crippen LogP contribution in [-0.4, -0.2) is 52.7 Å². The molecule has 29 heavy (non-hydrogen) atoms. The fraction of sp³-hybridized carbons (Fsp3) is 0.318. The molecule has 0 bridgehead atoms. The predicted octanol–water partition coefficient (Wildman–Crippen LogP) is 2.92. The normalized spacial score (nSPS) is 12.4. The number of rotatable bonds is 10. The smallest absolute Gasteiger partial charge is 0.204 e. The van der Waals surface area contributed by atoms with E-state index in [0.717, 1.165) is 16.6 Å². The number of para-hydroxylation sites is 2. The van der Waals surface area contributed by atoms with E-state index in [1.165, 1.54) is 0 Å². The Morgan fingerprint density at radius 2 is 2.03 bits per heavy atom. The van der Waals surface area contributed by atoms with Crippen molar-refractivity contribution >= 4 is 23.1 Å². The van der Waals surface area contributed by atoms with E-state index in [2.05, 4.69) is 10.3 Å². The van der Waals surface area contributed by atoms with E-state index in [0.29, 0.717) is 30.5 Å². The van der Waals surface area contributed by atoms with Crippen molar-refractivity contribution in [1.82, 2.24) is 9.55 Å². The van der Waals surface area contributed by atoms with Gasteiger partial charge in [-0.1, -0.05) is 30.4 Å². The Labute approximate surface area is 170 Å². The number of hydrogen-bond acceptors (Lipinski definition) is 6. The van der Waals surface area contributed by atoms with Gasteiger partial charge in [0.05, 0.1) is 31.3 Å². The minimum Gasteiger partial charge on any atom is -0.493 e. The summed E-state index contributed by atoms with van der Waals surface area (Å²) >= 11 is 0. The number of nitrogens with one attached hydrogen (secondary N) is 1. The molecule has 1 heterocycles. The summed E-state index contributed by atoms with van der Waals surface area (Å²) in [6.45, 7) is 2.73. The topological polar surface area (TPSA) is 88.8 Å². The molecular formula is C22H27N3O4. The van der Waals surface area contributed by atoms with E-state index in [-0.39, 0.29) is 13.2 Å². The third-order valence-corrected chi connectivity index (χ3v) is 4.42. The molecule has 154 valence electrons. The Hall–Kier alpha value is -3.03. The maximum atomic E-state index is 10.6. The van der Waals surface area contributed by atoms with Crippen molar-refractivity contribution in [3.8, 4) is 11.5 Å². The fourth-order valence-corrected chi connectivity index (χ4v) is 3.11. The van der Waals surface area contributed by atoms with E-state index in [1.807, 2.05) is 66.1 Å². The zero-order chi connectivity index (χ0) is 20.6. The molecule has 1 aromatic heterocycles. The van der Waals surface area contributed by atoms with Crippen LogP contribution in [0, 0.1) is 0 Å². The molecule has 3 N–H and O–H groups in total. The van der Waals surface area contributed by atoms with Gasteiger partial charge < -0.3 is 29.6 Å². The van der Waals surface area contributed by atoms with Crippen molar-refractivity contribution in [3.05, 3.63) is 54.1 Å². The minimum absolute atomic E-state index is 0.00210. The highest BCUT2D eigenvalue weighted by atomic mass is 16.5. The summed E-state index contributed by atoms with van der Waals surface area (Å²) in [5.41, 5.74) is 2.74. The Morgan fingerprint density at radius 3 is 2.79 bits per heavy atom. The second-order valence-corrected chi connectivity index (χ2v) is 6.56. The molecule has 0 radical (unpaired) electrons. The lowest BCUT2D eigenvalue weighted by Crippen LogP contribution is -2.25. The van der Waals surface area contributed by atoms with Crippen LogP contribution in [0.15, 0.2) is 48.5 Å². The Morgan fingerprint density at radius 1 is 1.21 bits per heavy atom. The minimum atomic E-state index is -0.762. The van der Waals surface area contributed by atoms with Gasteiger partial charge in [-0.05, 0) is 36.8 Å². The van der Waals surface area contributed by atoms with Crippen LogP contribution < -0.4 is 14.8 Å². The molecule has 7 heteroatoms. The number of anilines is 1. The second-order valence-electron chi connectivity index (χ2n) is 6.56. The summed E-state index contributed by atoms with van der Waals surface area (Å²) in [6.07, 6.45) is 3.17. The summed E-state index contributed by atoms with van der Waals surface area (Å²) in [7, 11) is 1.59. The Balaban J connectivity index is 1.72. The molecule has 0 saturated carbocycles. The van der Waals surface area contributed by atoms with Crippen LogP contribution in [0.2, 0.25) is 0 Å². The monoisotopic (exact) mass is 397 g/mol. The summed E-state index contributed by atoms with van der Waals surface area (Å²) in [6, 6.07) is 13.4. The molecule has 0 spiro atoms. The van der Waals surface area contributed by atoms with Crippen LogP contribution in [-0.2, 0) is 6.54 Å². The number of ether oxygens (including phenoxy) is 2. The lowest BCUT2D eigenvalue weighted by Gasteiger charge is -2.17. The van der Waals surface area contributed by atoms with Gasteiger partial charge in [0.2, 0.25) is 5.95 Å². The van der Waals surface area contributed by atoms with E-state index in [4.69, 9.17) is 14.6 Å². The van der Waals surface area contributed by atoms with E-state index in [9.17, 15) is 5.11 Å². The average molecular weight is 397 g/mol. The largest absolute Gasteiger partial charge is 0.493 e. The van der Waals surface area contributed by atoms with Gasteiger partial charge in [0.15, 0.2) is 11.5 Å². The highest BCUT2D eigenvalue weighted by molar-refractivity contribution is 5.78. The van der Waals surface area contributed by atoms with E-state index >= 15 is 0 Å². The molecule has 0 aliphatic heterocycles. The molecule has 0 aliphatic carbocycles. The Bertz CT molecular complexity index is 968. The highest BCUT2D eigenvalue weighted by Crippen LogP contribution is 2.29. The van der Waals surface area contributed by atoms with Gasteiger partial charge in [0.25, 0.3) is 0 Å². The van der Waals surface area contributed by atoms with E-state index < -0.39 is 6.10 Å². The number of hydrogen-bond donors (Lipinski definition) is 3. The molecule has 0 saturated heterocycles. The van der Waals surface area contributed by atoms with Gasteiger partial charge in [-0.15, -0.1) is 0 Å².